The zero-order chi connectivity index (χ0) is 22.8. The fourth-order valence-corrected chi connectivity index (χ4v) is 4.23. The van der Waals surface area contributed by atoms with Crippen LogP contribution in [-0.2, 0) is 0 Å². The van der Waals surface area contributed by atoms with Gasteiger partial charge in [-0.05, 0) is 55.3 Å². The van der Waals surface area contributed by atoms with Gasteiger partial charge in [-0.1, -0.05) is 23.2 Å². The molecule has 8 nitrogen and oxygen atoms in total. The monoisotopic (exact) mass is 470 g/mol. The summed E-state index contributed by atoms with van der Waals surface area (Å²) in [4.78, 5) is 13.8. The van der Waals surface area contributed by atoms with Crippen LogP contribution in [0.5, 0.6) is 11.5 Å². The molecule has 0 bridgehead atoms. The third kappa shape index (κ3) is 4.31. The molecule has 32 heavy (non-hydrogen) atoms. The quantitative estimate of drug-likeness (QED) is 0.530. The number of hydrogen-bond acceptors (Lipinski definition) is 6. The van der Waals surface area contributed by atoms with Crippen LogP contribution in [0.3, 0.4) is 0 Å². The van der Waals surface area contributed by atoms with Crippen LogP contribution in [0, 0.1) is 11.5 Å². The standard InChI is InChI=1S/C22H20Cl2N6O2/c23-14-5-8-18(17(24)10-14)32-16-6-3-13(4-7-16)20-19(22(27)31)21(26)30(28-20)15-2-1-9-29(11-15)12-25/h3-8,10,15H,1-2,9,11,26H2,(H2,27,31)/t15-/m1/s1. The zero-order valence-electron chi connectivity index (χ0n) is 17.0. The first-order valence-electron chi connectivity index (χ1n) is 9.93. The van der Waals surface area contributed by atoms with Gasteiger partial charge in [-0.25, -0.2) is 4.68 Å². The molecule has 0 aliphatic carbocycles. The number of nitrogens with zero attached hydrogens (tertiary/aromatic N) is 4. The number of nitriles is 1. The Labute approximate surface area is 194 Å². The number of piperidine rings is 1. The second-order valence-corrected chi connectivity index (χ2v) is 8.30. The summed E-state index contributed by atoms with van der Waals surface area (Å²) in [6.07, 6.45) is 3.79. The van der Waals surface area contributed by atoms with E-state index in [4.69, 9.17) is 39.4 Å². The number of rotatable bonds is 5. The predicted molar refractivity (Wildman–Crippen MR) is 123 cm³/mol. The molecule has 1 aromatic heterocycles. The van der Waals surface area contributed by atoms with Gasteiger partial charge in [0, 0.05) is 17.1 Å². The lowest BCUT2D eigenvalue weighted by Gasteiger charge is -2.29. The van der Waals surface area contributed by atoms with Crippen molar-refractivity contribution in [2.75, 3.05) is 18.8 Å². The Balaban J connectivity index is 1.64. The number of hydrogen-bond donors (Lipinski definition) is 2. The molecule has 10 heteroatoms. The van der Waals surface area contributed by atoms with Gasteiger partial charge < -0.3 is 21.1 Å². The van der Waals surface area contributed by atoms with Crippen LogP contribution in [0.15, 0.2) is 42.5 Å². The molecule has 1 aliphatic heterocycles. The third-order valence-electron chi connectivity index (χ3n) is 5.33. The molecule has 1 saturated heterocycles. The van der Waals surface area contributed by atoms with Gasteiger partial charge in [-0.2, -0.15) is 10.4 Å². The lowest BCUT2D eigenvalue weighted by atomic mass is 10.1. The van der Waals surface area contributed by atoms with Crippen LogP contribution in [-0.4, -0.2) is 33.7 Å². The van der Waals surface area contributed by atoms with Crippen molar-refractivity contribution >= 4 is 34.9 Å². The summed E-state index contributed by atoms with van der Waals surface area (Å²) in [5.74, 6) is 0.549. The van der Waals surface area contributed by atoms with Crippen molar-refractivity contribution < 1.29 is 9.53 Å². The molecule has 0 saturated carbocycles. The van der Waals surface area contributed by atoms with E-state index in [1.807, 2.05) is 0 Å². The summed E-state index contributed by atoms with van der Waals surface area (Å²) in [7, 11) is 0. The zero-order valence-corrected chi connectivity index (χ0v) is 18.5. The summed E-state index contributed by atoms with van der Waals surface area (Å²) >= 11 is 12.1. The number of aromatic nitrogens is 2. The molecule has 0 unspecified atom stereocenters. The van der Waals surface area contributed by atoms with Crippen LogP contribution in [0.25, 0.3) is 11.3 Å². The molecule has 1 aliphatic rings. The minimum Gasteiger partial charge on any atom is -0.456 e. The number of nitrogen functional groups attached to an aromatic ring is 1. The molecular formula is C22H20Cl2N6O2. The third-order valence-corrected chi connectivity index (χ3v) is 5.86. The van der Waals surface area contributed by atoms with Crippen LogP contribution < -0.4 is 16.2 Å². The Morgan fingerprint density at radius 2 is 1.97 bits per heavy atom. The molecule has 164 valence electrons. The number of amides is 1. The molecular weight excluding hydrogens is 451 g/mol. The minimum atomic E-state index is -0.662. The van der Waals surface area contributed by atoms with Crippen molar-refractivity contribution in [3.63, 3.8) is 0 Å². The second-order valence-electron chi connectivity index (χ2n) is 7.46. The SMILES string of the molecule is N#CN1CCC[C@@H](n2nc(-c3ccc(Oc4ccc(Cl)cc4Cl)cc3)c(C(N)=O)c2N)C1. The lowest BCUT2D eigenvalue weighted by Crippen LogP contribution is -2.34. The van der Waals surface area contributed by atoms with Crippen LogP contribution in [0.2, 0.25) is 10.0 Å². The molecule has 1 atom stereocenters. The Morgan fingerprint density at radius 3 is 2.62 bits per heavy atom. The van der Waals surface area contributed by atoms with Gasteiger partial charge in [-0.15, -0.1) is 0 Å². The fourth-order valence-electron chi connectivity index (χ4n) is 3.78. The normalized spacial score (nSPS) is 15.9. The summed E-state index contributed by atoms with van der Waals surface area (Å²) < 4.78 is 7.42. The Hall–Kier alpha value is -3.41. The first kappa shape index (κ1) is 21.8. The molecule has 1 amide bonds. The maximum atomic E-state index is 12.2. The van der Waals surface area contributed by atoms with Gasteiger partial charge in [0.2, 0.25) is 0 Å². The first-order valence-corrected chi connectivity index (χ1v) is 10.7. The highest BCUT2D eigenvalue weighted by Gasteiger charge is 2.28. The summed E-state index contributed by atoms with van der Waals surface area (Å²) in [6.45, 7) is 1.18. The first-order chi connectivity index (χ1) is 15.4. The number of likely N-dealkylation sites (tertiary alicyclic amines) is 1. The topological polar surface area (TPSA) is 123 Å². The highest BCUT2D eigenvalue weighted by Crippen LogP contribution is 2.35. The molecule has 1 fully saturated rings. The smallest absolute Gasteiger partial charge is 0.254 e. The second kappa shape index (κ2) is 8.99. The van der Waals surface area contributed by atoms with E-state index < -0.39 is 5.91 Å². The van der Waals surface area contributed by atoms with E-state index in [0.717, 1.165) is 12.8 Å². The van der Waals surface area contributed by atoms with E-state index in [9.17, 15) is 10.1 Å². The van der Waals surface area contributed by atoms with Gasteiger partial charge in [0.05, 0.1) is 17.6 Å². The minimum absolute atomic E-state index is 0.120. The number of halogens is 2. The van der Waals surface area contributed by atoms with Crippen molar-refractivity contribution in [3.05, 3.63) is 58.1 Å². The van der Waals surface area contributed by atoms with E-state index in [-0.39, 0.29) is 17.4 Å². The van der Waals surface area contributed by atoms with Gasteiger partial charge in [0.15, 0.2) is 6.19 Å². The van der Waals surface area contributed by atoms with Crippen molar-refractivity contribution in [2.24, 2.45) is 5.73 Å². The lowest BCUT2D eigenvalue weighted by molar-refractivity contribution is 0.100. The molecule has 0 spiro atoms. The van der Waals surface area contributed by atoms with E-state index >= 15 is 0 Å². The number of benzene rings is 2. The Morgan fingerprint density at radius 1 is 1.22 bits per heavy atom. The van der Waals surface area contributed by atoms with Crippen LogP contribution >= 0.6 is 23.2 Å². The molecule has 4 N–H and O–H groups in total. The number of ether oxygens (including phenoxy) is 1. The molecule has 4 rings (SSSR count). The fraction of sp³-hybridized carbons (Fsp3) is 0.227. The summed E-state index contributed by atoms with van der Waals surface area (Å²) in [5, 5.41) is 14.7. The van der Waals surface area contributed by atoms with Gasteiger partial charge in [0.1, 0.15) is 28.6 Å². The van der Waals surface area contributed by atoms with Crippen molar-refractivity contribution in [1.29, 1.82) is 5.26 Å². The van der Waals surface area contributed by atoms with Gasteiger partial charge in [0.25, 0.3) is 5.91 Å². The van der Waals surface area contributed by atoms with Crippen molar-refractivity contribution in [3.8, 4) is 28.9 Å². The highest BCUT2D eigenvalue weighted by atomic mass is 35.5. The van der Waals surface area contributed by atoms with Crippen LogP contribution in [0.1, 0.15) is 29.2 Å². The Bertz CT molecular complexity index is 1200. The Kier molecular flexibility index (Phi) is 6.12. The van der Waals surface area contributed by atoms with Crippen molar-refractivity contribution in [2.45, 2.75) is 18.9 Å². The number of anilines is 1. The molecule has 0 radical (unpaired) electrons. The summed E-state index contributed by atoms with van der Waals surface area (Å²) in [6, 6.07) is 11.8. The largest absolute Gasteiger partial charge is 0.456 e. The number of nitrogens with two attached hydrogens (primary N) is 2. The number of carbonyl (C=O) groups excluding carboxylic acids is 1. The van der Waals surface area contributed by atoms with Gasteiger partial charge in [-0.3, -0.25) is 4.79 Å². The van der Waals surface area contributed by atoms with Crippen LogP contribution in [0.4, 0.5) is 5.82 Å². The van der Waals surface area contributed by atoms with Gasteiger partial charge >= 0.3 is 0 Å². The van der Waals surface area contributed by atoms with Crippen molar-refractivity contribution in [1.82, 2.24) is 14.7 Å². The maximum Gasteiger partial charge on any atom is 0.254 e. The molecule has 2 heterocycles. The predicted octanol–water partition coefficient (Wildman–Crippen LogP) is 4.45. The van der Waals surface area contributed by atoms with E-state index in [2.05, 4.69) is 11.3 Å². The average molecular weight is 471 g/mol. The van der Waals surface area contributed by atoms with E-state index in [1.165, 1.54) is 0 Å². The van der Waals surface area contributed by atoms with E-state index in [1.54, 1.807) is 52.0 Å². The number of carbonyl (C=O) groups is 1. The maximum absolute atomic E-state index is 12.2. The molecule has 2 aromatic carbocycles. The summed E-state index contributed by atoms with van der Waals surface area (Å²) in [5.41, 5.74) is 13.1. The molecule has 3 aromatic rings. The van der Waals surface area contributed by atoms with E-state index in [0.29, 0.717) is 45.9 Å². The average Bonchev–Trinajstić information content (AvgIpc) is 3.13. The highest BCUT2D eigenvalue weighted by molar-refractivity contribution is 6.35. The number of primary amides is 1.